The molecule has 0 aliphatic carbocycles. The number of carbonyl (C=O) groups excluding carboxylic acids is 2. The molecule has 1 saturated heterocycles. The molecule has 1 aromatic carbocycles. The number of amides is 2. The number of likely N-dealkylation sites (tertiary alicyclic amines) is 1. The summed E-state index contributed by atoms with van der Waals surface area (Å²) in [5, 5.41) is 8.62. The molecule has 5 nitrogen and oxygen atoms in total. The van der Waals surface area contributed by atoms with E-state index >= 15 is 0 Å². The van der Waals surface area contributed by atoms with Gasteiger partial charge >= 0.3 is 0 Å². The van der Waals surface area contributed by atoms with E-state index in [9.17, 15) is 9.59 Å². The standard InChI is InChI=1S/C20H25N3O2S.ClH/c1-3-14-6-8-15(9-7-14)18(24)22-19-17(10-12-26-19)20(25)23-11-4-5-16(13-23)21-2;/h6-10,12,16,21H,3-5,11,13H2,1-2H3,(H,22,24);1H. The van der Waals surface area contributed by atoms with Gasteiger partial charge in [0, 0.05) is 24.7 Å². The van der Waals surface area contributed by atoms with Gasteiger partial charge in [-0.2, -0.15) is 0 Å². The van der Waals surface area contributed by atoms with Crippen molar-refractivity contribution in [2.45, 2.75) is 32.2 Å². The van der Waals surface area contributed by atoms with Crippen molar-refractivity contribution in [3.05, 3.63) is 52.4 Å². The number of piperidine rings is 1. The van der Waals surface area contributed by atoms with E-state index < -0.39 is 0 Å². The number of benzene rings is 1. The predicted octanol–water partition coefficient (Wildman–Crippen LogP) is 3.81. The second kappa shape index (κ2) is 9.88. The second-order valence-electron chi connectivity index (χ2n) is 6.55. The number of nitrogens with one attached hydrogen (secondary N) is 2. The van der Waals surface area contributed by atoms with Gasteiger partial charge in [-0.1, -0.05) is 19.1 Å². The smallest absolute Gasteiger partial charge is 0.256 e. The highest BCUT2D eigenvalue weighted by Crippen LogP contribution is 2.26. The first-order valence-electron chi connectivity index (χ1n) is 9.06. The Morgan fingerprint density at radius 3 is 2.63 bits per heavy atom. The minimum Gasteiger partial charge on any atom is -0.337 e. The maximum absolute atomic E-state index is 12.9. The Balaban J connectivity index is 0.00000261. The number of aryl methyl sites for hydroxylation is 1. The summed E-state index contributed by atoms with van der Waals surface area (Å²) in [6.07, 6.45) is 3.02. The molecule has 2 heterocycles. The number of hydrogen-bond donors (Lipinski definition) is 2. The summed E-state index contributed by atoms with van der Waals surface area (Å²) in [5.74, 6) is -0.196. The van der Waals surface area contributed by atoms with Crippen LogP contribution in [0.25, 0.3) is 0 Å². The first-order chi connectivity index (χ1) is 12.6. The molecule has 0 radical (unpaired) electrons. The van der Waals surface area contributed by atoms with Crippen molar-refractivity contribution >= 4 is 40.6 Å². The summed E-state index contributed by atoms with van der Waals surface area (Å²) >= 11 is 1.38. The summed E-state index contributed by atoms with van der Waals surface area (Å²) in [6.45, 7) is 3.55. The van der Waals surface area contributed by atoms with Crippen LogP contribution in [0.3, 0.4) is 0 Å². The lowest BCUT2D eigenvalue weighted by Crippen LogP contribution is -2.47. The van der Waals surface area contributed by atoms with Crippen molar-refractivity contribution in [1.82, 2.24) is 10.2 Å². The quantitative estimate of drug-likeness (QED) is 0.792. The van der Waals surface area contributed by atoms with E-state index in [1.807, 2.05) is 41.6 Å². The Bertz CT molecular complexity index is 776. The van der Waals surface area contributed by atoms with Gasteiger partial charge in [-0.3, -0.25) is 9.59 Å². The number of thiophene rings is 1. The number of hydrogen-bond acceptors (Lipinski definition) is 4. The molecule has 1 aliphatic heterocycles. The summed E-state index contributed by atoms with van der Waals surface area (Å²) in [7, 11) is 1.93. The molecule has 1 aromatic heterocycles. The molecule has 27 heavy (non-hydrogen) atoms. The summed E-state index contributed by atoms with van der Waals surface area (Å²) in [6, 6.07) is 9.70. The number of halogens is 1. The highest BCUT2D eigenvalue weighted by molar-refractivity contribution is 7.14. The molecule has 0 bridgehead atoms. The van der Waals surface area contributed by atoms with Gasteiger partial charge in [-0.15, -0.1) is 23.7 Å². The Morgan fingerprint density at radius 2 is 1.96 bits per heavy atom. The van der Waals surface area contributed by atoms with Crippen LogP contribution in [-0.2, 0) is 6.42 Å². The Hall–Kier alpha value is -1.89. The fourth-order valence-electron chi connectivity index (χ4n) is 3.21. The van der Waals surface area contributed by atoms with Crippen LogP contribution >= 0.6 is 23.7 Å². The highest BCUT2D eigenvalue weighted by atomic mass is 35.5. The monoisotopic (exact) mass is 407 g/mol. The van der Waals surface area contributed by atoms with Crippen LogP contribution in [0.4, 0.5) is 5.00 Å². The van der Waals surface area contributed by atoms with Gasteiger partial charge in [0.1, 0.15) is 5.00 Å². The van der Waals surface area contributed by atoms with Crippen LogP contribution in [0.5, 0.6) is 0 Å². The fourth-order valence-corrected chi connectivity index (χ4v) is 3.98. The molecule has 0 spiro atoms. The molecular weight excluding hydrogens is 382 g/mol. The van der Waals surface area contributed by atoms with E-state index in [1.165, 1.54) is 16.9 Å². The lowest BCUT2D eigenvalue weighted by atomic mass is 10.1. The lowest BCUT2D eigenvalue weighted by molar-refractivity contribution is 0.0699. The van der Waals surface area contributed by atoms with Crippen LogP contribution in [0.2, 0.25) is 0 Å². The third kappa shape index (κ3) is 5.09. The molecule has 7 heteroatoms. The average molecular weight is 408 g/mol. The average Bonchev–Trinajstić information content (AvgIpc) is 3.15. The molecule has 1 atom stereocenters. The summed E-state index contributed by atoms with van der Waals surface area (Å²) < 4.78 is 0. The van der Waals surface area contributed by atoms with Crippen LogP contribution in [-0.4, -0.2) is 42.9 Å². The second-order valence-corrected chi connectivity index (χ2v) is 7.46. The largest absolute Gasteiger partial charge is 0.337 e. The minimum atomic E-state index is -0.184. The van der Waals surface area contributed by atoms with Gasteiger partial charge in [0.15, 0.2) is 0 Å². The zero-order valence-electron chi connectivity index (χ0n) is 15.7. The van der Waals surface area contributed by atoms with Gasteiger partial charge in [-0.05, 0) is 55.5 Å². The molecule has 146 valence electrons. The van der Waals surface area contributed by atoms with Crippen molar-refractivity contribution in [3.8, 4) is 0 Å². The third-order valence-corrected chi connectivity index (χ3v) is 5.69. The lowest BCUT2D eigenvalue weighted by Gasteiger charge is -2.32. The van der Waals surface area contributed by atoms with Gasteiger partial charge in [0.05, 0.1) is 5.56 Å². The molecular formula is C20H26ClN3O2S. The molecule has 1 fully saturated rings. The molecule has 2 amide bonds. The van der Waals surface area contributed by atoms with Crippen LogP contribution in [0.1, 0.15) is 46.0 Å². The van der Waals surface area contributed by atoms with Gasteiger partial charge < -0.3 is 15.5 Å². The first kappa shape index (κ1) is 21.4. The maximum Gasteiger partial charge on any atom is 0.256 e. The molecule has 2 aromatic rings. The highest BCUT2D eigenvalue weighted by Gasteiger charge is 2.26. The number of nitrogens with zero attached hydrogens (tertiary/aromatic N) is 1. The van der Waals surface area contributed by atoms with Crippen molar-refractivity contribution in [3.63, 3.8) is 0 Å². The molecule has 1 unspecified atom stereocenters. The van der Waals surface area contributed by atoms with Gasteiger partial charge in [0.2, 0.25) is 0 Å². The zero-order chi connectivity index (χ0) is 18.5. The van der Waals surface area contributed by atoms with E-state index in [-0.39, 0.29) is 24.2 Å². The molecule has 2 N–H and O–H groups in total. The SMILES string of the molecule is CCc1ccc(C(=O)Nc2sccc2C(=O)N2CCCC(NC)C2)cc1.Cl. The number of likely N-dealkylation sites (N-methyl/N-ethyl adjacent to an activating group) is 1. The first-order valence-corrected chi connectivity index (χ1v) is 9.94. The molecule has 3 rings (SSSR count). The van der Waals surface area contributed by atoms with E-state index in [1.54, 1.807) is 6.07 Å². The Kier molecular flexibility index (Phi) is 7.83. The van der Waals surface area contributed by atoms with E-state index in [2.05, 4.69) is 17.6 Å². The van der Waals surface area contributed by atoms with Crippen molar-refractivity contribution in [1.29, 1.82) is 0 Å². The van der Waals surface area contributed by atoms with Crippen LogP contribution < -0.4 is 10.6 Å². The van der Waals surface area contributed by atoms with E-state index in [0.29, 0.717) is 28.7 Å². The topological polar surface area (TPSA) is 61.4 Å². The Labute approximate surface area is 170 Å². The van der Waals surface area contributed by atoms with Crippen molar-refractivity contribution < 1.29 is 9.59 Å². The van der Waals surface area contributed by atoms with Crippen LogP contribution in [0, 0.1) is 0 Å². The van der Waals surface area contributed by atoms with E-state index in [0.717, 1.165) is 25.8 Å². The third-order valence-electron chi connectivity index (χ3n) is 4.86. The predicted molar refractivity (Wildman–Crippen MR) is 113 cm³/mol. The maximum atomic E-state index is 12.9. The Morgan fingerprint density at radius 1 is 1.22 bits per heavy atom. The van der Waals surface area contributed by atoms with E-state index in [4.69, 9.17) is 0 Å². The summed E-state index contributed by atoms with van der Waals surface area (Å²) in [5.41, 5.74) is 2.37. The normalized spacial score (nSPS) is 16.5. The number of anilines is 1. The number of rotatable bonds is 5. The molecule has 1 aliphatic rings. The van der Waals surface area contributed by atoms with Crippen molar-refractivity contribution in [2.75, 3.05) is 25.5 Å². The molecule has 0 saturated carbocycles. The fraction of sp³-hybridized carbons (Fsp3) is 0.400. The van der Waals surface area contributed by atoms with Crippen molar-refractivity contribution in [2.24, 2.45) is 0 Å². The van der Waals surface area contributed by atoms with Crippen LogP contribution in [0.15, 0.2) is 35.7 Å². The summed E-state index contributed by atoms with van der Waals surface area (Å²) in [4.78, 5) is 27.3. The van der Waals surface area contributed by atoms with Gasteiger partial charge in [-0.25, -0.2) is 0 Å². The minimum absolute atomic E-state index is 0. The zero-order valence-corrected chi connectivity index (χ0v) is 17.3. The van der Waals surface area contributed by atoms with Gasteiger partial charge in [0.25, 0.3) is 11.8 Å². The number of carbonyl (C=O) groups is 2.